The van der Waals surface area contributed by atoms with Crippen LogP contribution in [0.1, 0.15) is 37.0 Å². The van der Waals surface area contributed by atoms with E-state index in [1.54, 1.807) is 0 Å². The summed E-state index contributed by atoms with van der Waals surface area (Å²) in [5, 5.41) is 21.7. The fourth-order valence-corrected chi connectivity index (χ4v) is 1.90. The van der Waals surface area contributed by atoms with Gasteiger partial charge in [-0.2, -0.15) is 0 Å². The summed E-state index contributed by atoms with van der Waals surface area (Å²) >= 11 is 5.66. The van der Waals surface area contributed by atoms with E-state index in [1.807, 2.05) is 13.8 Å². The maximum atomic E-state index is 11.9. The second kappa shape index (κ2) is 6.66. The van der Waals surface area contributed by atoms with Crippen molar-refractivity contribution in [3.63, 3.8) is 0 Å². The number of benzene rings is 1. The van der Waals surface area contributed by atoms with Crippen LogP contribution in [0.2, 0.25) is 0 Å². The highest BCUT2D eigenvalue weighted by Gasteiger charge is 2.20. The van der Waals surface area contributed by atoms with Crippen molar-refractivity contribution in [1.29, 1.82) is 0 Å². The Morgan fingerprint density at radius 2 is 2.05 bits per heavy atom. The number of carbonyl (C=O) groups excluding carboxylic acids is 1. The Labute approximate surface area is 118 Å². The molecule has 3 N–H and O–H groups in total. The lowest BCUT2D eigenvalue weighted by molar-refractivity contribution is 0.0931. The first-order valence-corrected chi connectivity index (χ1v) is 6.76. The summed E-state index contributed by atoms with van der Waals surface area (Å²) in [6.45, 7) is 4.57. The van der Waals surface area contributed by atoms with Crippen molar-refractivity contribution >= 4 is 17.5 Å². The van der Waals surface area contributed by atoms with Crippen LogP contribution in [0.25, 0.3) is 0 Å². The zero-order valence-corrected chi connectivity index (χ0v) is 12.0. The number of phenolic OH excluding ortho intramolecular Hbond substituents is 2. The number of amides is 1. The van der Waals surface area contributed by atoms with E-state index in [2.05, 4.69) is 5.32 Å². The standard InChI is InChI=1S/C14H20ClNO3/c1-14(2,7-4-8-15)9-16-13(19)10-5-3-6-11(17)12(10)18/h3,5-6,17-18H,4,7-9H2,1-2H3,(H,16,19). The van der Waals surface area contributed by atoms with Gasteiger partial charge in [0.1, 0.15) is 0 Å². The Morgan fingerprint density at radius 1 is 1.37 bits per heavy atom. The average Bonchev–Trinajstić information content (AvgIpc) is 2.37. The summed E-state index contributed by atoms with van der Waals surface area (Å²) in [4.78, 5) is 11.9. The molecule has 106 valence electrons. The number of nitrogens with one attached hydrogen (secondary N) is 1. The molecule has 0 unspecified atom stereocenters. The molecule has 0 aromatic heterocycles. The molecule has 0 atom stereocenters. The van der Waals surface area contributed by atoms with Gasteiger partial charge >= 0.3 is 0 Å². The molecule has 5 heteroatoms. The van der Waals surface area contributed by atoms with Gasteiger partial charge in [-0.3, -0.25) is 4.79 Å². The van der Waals surface area contributed by atoms with E-state index < -0.39 is 11.7 Å². The first-order valence-electron chi connectivity index (χ1n) is 6.22. The molecule has 0 aliphatic heterocycles. The van der Waals surface area contributed by atoms with Crippen molar-refractivity contribution in [3.8, 4) is 11.5 Å². The number of halogens is 1. The molecule has 0 saturated heterocycles. The van der Waals surface area contributed by atoms with Crippen LogP contribution >= 0.6 is 11.6 Å². The molecule has 1 aromatic rings. The molecule has 19 heavy (non-hydrogen) atoms. The summed E-state index contributed by atoms with van der Waals surface area (Å²) in [6.07, 6.45) is 1.80. The lowest BCUT2D eigenvalue weighted by atomic mass is 9.88. The highest BCUT2D eigenvalue weighted by molar-refractivity contribution is 6.17. The maximum absolute atomic E-state index is 11.9. The van der Waals surface area contributed by atoms with Crippen LogP contribution in [-0.2, 0) is 0 Å². The third kappa shape index (κ3) is 4.63. The molecule has 0 aliphatic carbocycles. The molecule has 0 heterocycles. The highest BCUT2D eigenvalue weighted by Crippen LogP contribution is 2.28. The Morgan fingerprint density at radius 3 is 2.68 bits per heavy atom. The van der Waals surface area contributed by atoms with E-state index in [-0.39, 0.29) is 16.7 Å². The van der Waals surface area contributed by atoms with E-state index in [0.717, 1.165) is 12.8 Å². The van der Waals surface area contributed by atoms with Gasteiger partial charge in [0.2, 0.25) is 0 Å². The molecule has 1 amide bonds. The second-order valence-electron chi connectivity index (χ2n) is 5.31. The zero-order chi connectivity index (χ0) is 14.5. The molecular weight excluding hydrogens is 266 g/mol. The molecule has 4 nitrogen and oxygen atoms in total. The number of para-hydroxylation sites is 1. The second-order valence-corrected chi connectivity index (χ2v) is 5.69. The number of hydrogen-bond acceptors (Lipinski definition) is 3. The van der Waals surface area contributed by atoms with Gasteiger partial charge < -0.3 is 15.5 Å². The molecule has 1 aromatic carbocycles. The molecule has 1 rings (SSSR count). The van der Waals surface area contributed by atoms with Gasteiger partial charge in [0.25, 0.3) is 5.91 Å². The van der Waals surface area contributed by atoms with Gasteiger partial charge in [0.15, 0.2) is 11.5 Å². The molecule has 0 fully saturated rings. The van der Waals surface area contributed by atoms with Gasteiger partial charge in [-0.15, -0.1) is 11.6 Å². The Kier molecular flexibility index (Phi) is 5.48. The van der Waals surface area contributed by atoms with E-state index >= 15 is 0 Å². The summed E-state index contributed by atoms with van der Waals surface area (Å²) in [5.41, 5.74) is 0.0184. The van der Waals surface area contributed by atoms with Gasteiger partial charge in [0, 0.05) is 12.4 Å². The minimum Gasteiger partial charge on any atom is -0.504 e. The fraction of sp³-hybridized carbons (Fsp3) is 0.500. The SMILES string of the molecule is CC(C)(CCCCl)CNC(=O)c1cccc(O)c1O. The number of carbonyl (C=O) groups is 1. The number of rotatable bonds is 6. The quantitative estimate of drug-likeness (QED) is 0.556. The van der Waals surface area contributed by atoms with Gasteiger partial charge in [-0.25, -0.2) is 0 Å². The molecular formula is C14H20ClNO3. The van der Waals surface area contributed by atoms with Crippen molar-refractivity contribution in [2.75, 3.05) is 12.4 Å². The van der Waals surface area contributed by atoms with Crippen molar-refractivity contribution in [2.45, 2.75) is 26.7 Å². The summed E-state index contributed by atoms with van der Waals surface area (Å²) in [7, 11) is 0. The smallest absolute Gasteiger partial charge is 0.255 e. The fourth-order valence-electron chi connectivity index (χ4n) is 1.76. The lowest BCUT2D eigenvalue weighted by Gasteiger charge is -2.24. The number of hydrogen-bond donors (Lipinski definition) is 3. The van der Waals surface area contributed by atoms with Crippen LogP contribution < -0.4 is 5.32 Å². The third-order valence-electron chi connectivity index (χ3n) is 2.97. The number of alkyl halides is 1. The van der Waals surface area contributed by atoms with Crippen LogP contribution in [0.3, 0.4) is 0 Å². The molecule has 0 aliphatic rings. The first-order chi connectivity index (χ1) is 8.87. The Bertz CT molecular complexity index is 446. The third-order valence-corrected chi connectivity index (χ3v) is 3.24. The topological polar surface area (TPSA) is 69.6 Å². The Hall–Kier alpha value is -1.42. The highest BCUT2D eigenvalue weighted by atomic mass is 35.5. The predicted octanol–water partition coefficient (Wildman–Crippen LogP) is 2.87. The van der Waals surface area contributed by atoms with E-state index in [0.29, 0.717) is 12.4 Å². The van der Waals surface area contributed by atoms with Crippen molar-refractivity contribution in [2.24, 2.45) is 5.41 Å². The monoisotopic (exact) mass is 285 g/mol. The van der Waals surface area contributed by atoms with E-state index in [9.17, 15) is 15.0 Å². The lowest BCUT2D eigenvalue weighted by Crippen LogP contribution is -2.34. The zero-order valence-electron chi connectivity index (χ0n) is 11.2. The van der Waals surface area contributed by atoms with Crippen LogP contribution in [-0.4, -0.2) is 28.5 Å². The van der Waals surface area contributed by atoms with Crippen molar-refractivity contribution in [1.82, 2.24) is 5.32 Å². The number of aromatic hydroxyl groups is 2. The van der Waals surface area contributed by atoms with Crippen LogP contribution in [0.4, 0.5) is 0 Å². The normalized spacial score (nSPS) is 11.3. The van der Waals surface area contributed by atoms with Gasteiger partial charge in [-0.1, -0.05) is 19.9 Å². The molecule has 0 spiro atoms. The minimum atomic E-state index is -0.396. The average molecular weight is 286 g/mol. The van der Waals surface area contributed by atoms with Crippen molar-refractivity contribution < 1.29 is 15.0 Å². The van der Waals surface area contributed by atoms with Crippen LogP contribution in [0.5, 0.6) is 11.5 Å². The van der Waals surface area contributed by atoms with E-state index in [1.165, 1.54) is 18.2 Å². The molecule has 0 saturated carbocycles. The summed E-state index contributed by atoms with van der Waals surface area (Å²) in [5.74, 6) is -0.481. The van der Waals surface area contributed by atoms with Crippen LogP contribution in [0.15, 0.2) is 18.2 Å². The van der Waals surface area contributed by atoms with E-state index in [4.69, 9.17) is 11.6 Å². The summed E-state index contributed by atoms with van der Waals surface area (Å²) in [6, 6.07) is 4.31. The Balaban J connectivity index is 2.63. The van der Waals surface area contributed by atoms with Crippen LogP contribution in [0, 0.1) is 5.41 Å². The first kappa shape index (κ1) is 15.6. The maximum Gasteiger partial charge on any atom is 0.255 e. The molecule has 0 radical (unpaired) electrons. The summed E-state index contributed by atoms with van der Waals surface area (Å²) < 4.78 is 0. The predicted molar refractivity (Wildman–Crippen MR) is 75.8 cm³/mol. The minimum absolute atomic E-state index is 0.0585. The van der Waals surface area contributed by atoms with Gasteiger partial charge in [0.05, 0.1) is 5.56 Å². The molecule has 0 bridgehead atoms. The van der Waals surface area contributed by atoms with Gasteiger partial charge in [-0.05, 0) is 30.4 Å². The largest absolute Gasteiger partial charge is 0.504 e. The number of phenols is 2. The van der Waals surface area contributed by atoms with Crippen molar-refractivity contribution in [3.05, 3.63) is 23.8 Å².